The highest BCUT2D eigenvalue weighted by molar-refractivity contribution is 6.30. The molecule has 27 heavy (non-hydrogen) atoms. The molecule has 138 valence electrons. The average molecular weight is 399 g/mol. The maximum absolute atomic E-state index is 6.13. The van der Waals surface area contributed by atoms with Gasteiger partial charge in [-0.05, 0) is 59.7 Å². The van der Waals surface area contributed by atoms with Crippen molar-refractivity contribution in [2.24, 2.45) is 10.7 Å². The van der Waals surface area contributed by atoms with Crippen molar-refractivity contribution in [1.29, 1.82) is 0 Å². The van der Waals surface area contributed by atoms with Gasteiger partial charge in [0.05, 0.1) is 0 Å². The third kappa shape index (κ3) is 3.88. The van der Waals surface area contributed by atoms with Crippen LogP contribution in [0.1, 0.15) is 17.2 Å². The Balaban J connectivity index is 1.78. The SMILES string of the molecule is CN1CC2=C(NC(N)=NC2c2ccc(Cl)cc2)/C(=C\c2ccc(Cl)cc2)C1. The lowest BCUT2D eigenvalue weighted by Gasteiger charge is -2.36. The second-order valence-corrected chi connectivity index (χ2v) is 7.76. The van der Waals surface area contributed by atoms with E-state index in [-0.39, 0.29) is 6.04 Å². The van der Waals surface area contributed by atoms with Crippen LogP contribution in [0, 0.1) is 0 Å². The van der Waals surface area contributed by atoms with E-state index in [2.05, 4.69) is 28.3 Å². The van der Waals surface area contributed by atoms with Gasteiger partial charge in [-0.2, -0.15) is 0 Å². The minimum absolute atomic E-state index is 0.116. The highest BCUT2D eigenvalue weighted by atomic mass is 35.5. The standard InChI is InChI=1S/C21H20Cl2N4/c1-27-11-15(10-13-2-6-16(22)7-3-13)20-18(12-27)19(25-21(24)26-20)14-4-8-17(23)9-5-14/h2-10,19H,11-12H2,1H3,(H3,24,25,26)/b15-10-. The van der Waals surface area contributed by atoms with Crippen LogP contribution in [-0.4, -0.2) is 31.0 Å². The van der Waals surface area contributed by atoms with Crippen LogP contribution in [-0.2, 0) is 0 Å². The average Bonchev–Trinajstić information content (AvgIpc) is 2.64. The Morgan fingerprint density at radius 1 is 1.04 bits per heavy atom. The van der Waals surface area contributed by atoms with Crippen LogP contribution in [0.15, 0.2) is 70.4 Å². The minimum atomic E-state index is -0.116. The molecule has 0 radical (unpaired) electrons. The molecule has 0 saturated heterocycles. The van der Waals surface area contributed by atoms with E-state index in [1.54, 1.807) is 0 Å². The Labute approximate surface area is 169 Å². The molecule has 2 aromatic rings. The summed E-state index contributed by atoms with van der Waals surface area (Å²) < 4.78 is 0. The van der Waals surface area contributed by atoms with Gasteiger partial charge >= 0.3 is 0 Å². The molecular formula is C21H20Cl2N4. The topological polar surface area (TPSA) is 53.6 Å². The minimum Gasteiger partial charge on any atom is -0.370 e. The molecule has 3 N–H and O–H groups in total. The monoisotopic (exact) mass is 398 g/mol. The summed E-state index contributed by atoms with van der Waals surface area (Å²) in [5.74, 6) is 0.431. The highest BCUT2D eigenvalue weighted by Crippen LogP contribution is 2.36. The number of likely N-dealkylation sites (N-methyl/N-ethyl adjacent to an activating group) is 1. The zero-order valence-corrected chi connectivity index (χ0v) is 16.4. The summed E-state index contributed by atoms with van der Waals surface area (Å²) in [6.45, 7) is 1.65. The van der Waals surface area contributed by atoms with E-state index in [4.69, 9.17) is 28.9 Å². The molecular weight excluding hydrogens is 379 g/mol. The second kappa shape index (κ2) is 7.39. The maximum atomic E-state index is 6.13. The summed E-state index contributed by atoms with van der Waals surface area (Å²) in [4.78, 5) is 6.95. The molecule has 6 heteroatoms. The molecule has 2 aliphatic rings. The van der Waals surface area contributed by atoms with Crippen molar-refractivity contribution in [3.05, 3.63) is 86.5 Å². The number of nitrogens with one attached hydrogen (secondary N) is 1. The number of hydrogen-bond donors (Lipinski definition) is 2. The number of hydrogen-bond acceptors (Lipinski definition) is 4. The number of aliphatic imine (C=N–C) groups is 1. The smallest absolute Gasteiger partial charge is 0.194 e. The van der Waals surface area contributed by atoms with E-state index in [0.717, 1.165) is 34.9 Å². The Hall–Kier alpha value is -2.27. The Morgan fingerprint density at radius 3 is 2.33 bits per heavy atom. The van der Waals surface area contributed by atoms with Gasteiger partial charge < -0.3 is 11.1 Å². The van der Waals surface area contributed by atoms with Crippen LogP contribution in [0.2, 0.25) is 10.0 Å². The predicted octanol–water partition coefficient (Wildman–Crippen LogP) is 4.24. The van der Waals surface area contributed by atoms with Crippen LogP contribution in [0.25, 0.3) is 6.08 Å². The lowest BCUT2D eigenvalue weighted by molar-refractivity contribution is 0.368. The van der Waals surface area contributed by atoms with Crippen LogP contribution < -0.4 is 11.1 Å². The van der Waals surface area contributed by atoms with Crippen molar-refractivity contribution < 1.29 is 0 Å². The number of rotatable bonds is 2. The molecule has 1 atom stereocenters. The first-order valence-corrected chi connectivity index (χ1v) is 9.49. The molecule has 0 spiro atoms. The van der Waals surface area contributed by atoms with Crippen molar-refractivity contribution in [3.63, 3.8) is 0 Å². The number of guanidine groups is 1. The zero-order chi connectivity index (χ0) is 19.0. The van der Waals surface area contributed by atoms with Gasteiger partial charge in [-0.15, -0.1) is 0 Å². The highest BCUT2D eigenvalue weighted by Gasteiger charge is 2.31. The molecule has 0 fully saturated rings. The third-order valence-electron chi connectivity index (χ3n) is 4.77. The molecule has 2 aliphatic heterocycles. The maximum Gasteiger partial charge on any atom is 0.194 e. The van der Waals surface area contributed by atoms with Crippen molar-refractivity contribution >= 4 is 35.2 Å². The fraction of sp³-hybridized carbons (Fsp3) is 0.190. The number of benzene rings is 2. The molecule has 4 rings (SSSR count). The molecule has 0 amide bonds. The summed E-state index contributed by atoms with van der Waals surface area (Å²) in [7, 11) is 2.11. The van der Waals surface area contributed by atoms with Crippen molar-refractivity contribution in [1.82, 2.24) is 10.2 Å². The van der Waals surface area contributed by atoms with Crippen LogP contribution in [0.3, 0.4) is 0 Å². The molecule has 2 aromatic carbocycles. The van der Waals surface area contributed by atoms with E-state index in [0.29, 0.717) is 11.0 Å². The summed E-state index contributed by atoms with van der Waals surface area (Å²) in [5.41, 5.74) is 11.8. The molecule has 0 aliphatic carbocycles. The number of nitrogens with zero attached hydrogens (tertiary/aromatic N) is 2. The van der Waals surface area contributed by atoms with E-state index in [1.807, 2.05) is 48.5 Å². The molecule has 0 bridgehead atoms. The predicted molar refractivity (Wildman–Crippen MR) is 113 cm³/mol. The second-order valence-electron chi connectivity index (χ2n) is 6.89. The number of halogens is 2. The van der Waals surface area contributed by atoms with Crippen molar-refractivity contribution in [3.8, 4) is 0 Å². The molecule has 1 unspecified atom stereocenters. The van der Waals surface area contributed by atoms with Crippen LogP contribution in [0.4, 0.5) is 0 Å². The fourth-order valence-electron chi connectivity index (χ4n) is 3.56. The Bertz CT molecular complexity index is 943. The molecule has 0 aromatic heterocycles. The quantitative estimate of drug-likeness (QED) is 0.795. The number of nitrogens with two attached hydrogens (primary N) is 1. The van der Waals surface area contributed by atoms with Gasteiger partial charge in [-0.3, -0.25) is 4.90 Å². The third-order valence-corrected chi connectivity index (χ3v) is 5.27. The van der Waals surface area contributed by atoms with Crippen molar-refractivity contribution in [2.75, 3.05) is 20.1 Å². The van der Waals surface area contributed by atoms with E-state index in [1.165, 1.54) is 11.1 Å². The van der Waals surface area contributed by atoms with Gasteiger partial charge in [0.25, 0.3) is 0 Å². The lowest BCUT2D eigenvalue weighted by atomic mass is 9.89. The summed E-state index contributed by atoms with van der Waals surface area (Å²) >= 11 is 12.1. The molecule has 0 saturated carbocycles. The first kappa shape index (κ1) is 18.1. The van der Waals surface area contributed by atoms with Gasteiger partial charge in [0.1, 0.15) is 6.04 Å². The fourth-order valence-corrected chi connectivity index (χ4v) is 3.81. The van der Waals surface area contributed by atoms with E-state index < -0.39 is 0 Å². The largest absolute Gasteiger partial charge is 0.370 e. The molecule has 2 heterocycles. The first-order chi connectivity index (χ1) is 13.0. The van der Waals surface area contributed by atoms with Gasteiger partial charge in [0.15, 0.2) is 5.96 Å². The summed E-state index contributed by atoms with van der Waals surface area (Å²) in [6.07, 6.45) is 2.17. The van der Waals surface area contributed by atoms with E-state index in [9.17, 15) is 0 Å². The van der Waals surface area contributed by atoms with Gasteiger partial charge in [-0.1, -0.05) is 47.5 Å². The van der Waals surface area contributed by atoms with Gasteiger partial charge in [0, 0.05) is 28.8 Å². The Morgan fingerprint density at radius 2 is 1.67 bits per heavy atom. The molecule has 4 nitrogen and oxygen atoms in total. The summed E-state index contributed by atoms with van der Waals surface area (Å²) in [6, 6.07) is 15.5. The zero-order valence-electron chi connectivity index (χ0n) is 14.9. The lowest BCUT2D eigenvalue weighted by Crippen LogP contribution is -2.43. The first-order valence-electron chi connectivity index (χ1n) is 8.73. The summed E-state index contributed by atoms with van der Waals surface area (Å²) in [5, 5.41) is 4.73. The van der Waals surface area contributed by atoms with Crippen LogP contribution >= 0.6 is 23.2 Å². The van der Waals surface area contributed by atoms with Crippen LogP contribution in [0.5, 0.6) is 0 Å². The van der Waals surface area contributed by atoms with Crippen molar-refractivity contribution in [2.45, 2.75) is 6.04 Å². The van der Waals surface area contributed by atoms with Gasteiger partial charge in [-0.25, -0.2) is 4.99 Å². The Kier molecular flexibility index (Phi) is 4.96. The van der Waals surface area contributed by atoms with E-state index >= 15 is 0 Å². The normalized spacial score (nSPS) is 21.7. The van der Waals surface area contributed by atoms with Gasteiger partial charge in [0.2, 0.25) is 0 Å².